The fourth-order valence-corrected chi connectivity index (χ4v) is 4.91. The Morgan fingerprint density at radius 1 is 1.13 bits per heavy atom. The van der Waals surface area contributed by atoms with Gasteiger partial charge in [-0.1, -0.05) is 11.6 Å². The number of amides is 1. The van der Waals surface area contributed by atoms with E-state index in [4.69, 9.17) is 16.3 Å². The van der Waals surface area contributed by atoms with Crippen LogP contribution in [0.15, 0.2) is 48.9 Å². The van der Waals surface area contributed by atoms with Crippen molar-refractivity contribution in [3.8, 4) is 11.6 Å². The summed E-state index contributed by atoms with van der Waals surface area (Å²) < 4.78 is 18.9. The van der Waals surface area contributed by atoms with Crippen LogP contribution in [0, 0.1) is 11.7 Å². The molecule has 31 heavy (non-hydrogen) atoms. The molecule has 2 fully saturated rings. The Balaban J connectivity index is 1.38. The minimum Gasteiger partial charge on any atom is -0.477 e. The minimum atomic E-state index is -0.399. The van der Waals surface area contributed by atoms with Crippen molar-refractivity contribution in [3.63, 3.8) is 0 Å². The summed E-state index contributed by atoms with van der Waals surface area (Å²) in [6.07, 6.45) is 8.08. The molecule has 1 unspecified atom stereocenters. The van der Waals surface area contributed by atoms with E-state index in [-0.39, 0.29) is 23.9 Å². The molecule has 3 atom stereocenters. The number of ether oxygens (including phenoxy) is 1. The first-order valence-electron chi connectivity index (χ1n) is 10.3. The molecule has 2 aliphatic heterocycles. The highest BCUT2D eigenvalue weighted by Crippen LogP contribution is 2.41. The summed E-state index contributed by atoms with van der Waals surface area (Å²) in [6.45, 7) is 0.433. The molecule has 2 aliphatic rings. The highest BCUT2D eigenvalue weighted by Gasteiger charge is 2.45. The average molecular weight is 442 g/mol. The van der Waals surface area contributed by atoms with Crippen LogP contribution in [-0.2, 0) is 0 Å². The molecule has 7 nitrogen and oxygen atoms in total. The Hall–Kier alpha value is -3.00. The number of pyridine rings is 1. The molecule has 2 bridgehead atoms. The number of nitrogens with zero attached hydrogens (tertiary/aromatic N) is 5. The van der Waals surface area contributed by atoms with Crippen LogP contribution in [0.1, 0.15) is 36.0 Å². The maximum absolute atomic E-state index is 13.7. The van der Waals surface area contributed by atoms with Gasteiger partial charge >= 0.3 is 0 Å². The average Bonchev–Trinajstić information content (AvgIpc) is 3.41. The Bertz CT molecular complexity index is 1080. The number of hydrogen-bond acceptors (Lipinski definition) is 5. The quantitative estimate of drug-likeness (QED) is 0.600. The van der Waals surface area contributed by atoms with Gasteiger partial charge in [0.25, 0.3) is 5.91 Å². The van der Waals surface area contributed by atoms with Gasteiger partial charge in [-0.25, -0.2) is 9.37 Å². The van der Waals surface area contributed by atoms with Gasteiger partial charge in [0.2, 0.25) is 5.88 Å². The molecule has 0 radical (unpaired) electrons. The second-order valence-corrected chi connectivity index (χ2v) is 8.39. The summed E-state index contributed by atoms with van der Waals surface area (Å²) in [5.41, 5.74) is 1.09. The van der Waals surface area contributed by atoms with E-state index in [0.717, 1.165) is 31.9 Å². The van der Waals surface area contributed by atoms with E-state index in [1.807, 2.05) is 4.90 Å². The summed E-state index contributed by atoms with van der Waals surface area (Å²) in [7, 11) is 0. The Kier molecular flexibility index (Phi) is 5.31. The van der Waals surface area contributed by atoms with Crippen molar-refractivity contribution in [3.05, 3.63) is 65.3 Å². The van der Waals surface area contributed by atoms with Crippen molar-refractivity contribution in [1.82, 2.24) is 24.9 Å². The number of piperidine rings is 1. The van der Waals surface area contributed by atoms with Crippen LogP contribution in [0.3, 0.4) is 0 Å². The molecule has 2 saturated heterocycles. The lowest BCUT2D eigenvalue weighted by atomic mass is 9.90. The lowest BCUT2D eigenvalue weighted by molar-refractivity contribution is 0.0403. The van der Waals surface area contributed by atoms with Crippen LogP contribution in [0.25, 0.3) is 5.69 Å². The molecule has 2 aromatic heterocycles. The Morgan fingerprint density at radius 3 is 2.71 bits per heavy atom. The molecule has 9 heteroatoms. The zero-order valence-corrected chi connectivity index (χ0v) is 17.5. The van der Waals surface area contributed by atoms with Crippen LogP contribution < -0.4 is 4.74 Å². The van der Waals surface area contributed by atoms with Gasteiger partial charge in [-0.05, 0) is 49.9 Å². The third kappa shape index (κ3) is 3.87. The molecule has 3 aromatic rings. The van der Waals surface area contributed by atoms with Crippen LogP contribution in [0.5, 0.6) is 5.88 Å². The highest BCUT2D eigenvalue weighted by atomic mass is 35.5. The van der Waals surface area contributed by atoms with E-state index in [0.29, 0.717) is 28.8 Å². The van der Waals surface area contributed by atoms with Crippen molar-refractivity contribution in [2.45, 2.75) is 37.8 Å². The first-order valence-corrected chi connectivity index (χ1v) is 10.7. The molecule has 0 aliphatic carbocycles. The zero-order chi connectivity index (χ0) is 21.4. The molecular weight excluding hydrogens is 421 g/mol. The summed E-state index contributed by atoms with van der Waals surface area (Å²) in [4.78, 5) is 21.1. The fraction of sp³-hybridized carbons (Fsp3) is 0.364. The molecule has 5 rings (SSSR count). The number of fused-ring (bicyclic) bond motifs is 2. The number of benzene rings is 1. The third-order valence-corrected chi connectivity index (χ3v) is 6.40. The fourth-order valence-electron chi connectivity index (χ4n) is 4.74. The van der Waals surface area contributed by atoms with Crippen LogP contribution in [0.2, 0.25) is 5.02 Å². The third-order valence-electron chi connectivity index (χ3n) is 6.16. The van der Waals surface area contributed by atoms with Gasteiger partial charge in [0.1, 0.15) is 5.82 Å². The van der Waals surface area contributed by atoms with E-state index < -0.39 is 5.82 Å². The van der Waals surface area contributed by atoms with Gasteiger partial charge in [0.05, 0.1) is 36.4 Å². The van der Waals surface area contributed by atoms with Crippen LogP contribution in [0.4, 0.5) is 4.39 Å². The Labute approximate surface area is 183 Å². The Morgan fingerprint density at radius 2 is 1.94 bits per heavy atom. The molecule has 1 amide bonds. The standard InChI is InChI=1S/C22H21ClFN5O2/c23-15-2-6-20(29-26-9-10-27-29)18(11-15)22(30)28-17-4-1-14(19(28)7-5-17)13-31-21-8-3-16(24)12-25-21/h2-3,6,8-12,14,17,19H,1,4-5,7,13H2/t14-,17-,19?/m1/s1. The van der Waals surface area contributed by atoms with E-state index in [1.54, 1.807) is 30.6 Å². The number of hydrogen-bond donors (Lipinski definition) is 0. The van der Waals surface area contributed by atoms with Crippen molar-refractivity contribution >= 4 is 17.5 Å². The minimum absolute atomic E-state index is 0.0630. The second kappa shape index (κ2) is 8.26. The molecule has 0 spiro atoms. The smallest absolute Gasteiger partial charge is 0.256 e. The van der Waals surface area contributed by atoms with Crippen molar-refractivity contribution < 1.29 is 13.9 Å². The summed E-state index contributed by atoms with van der Waals surface area (Å²) in [6, 6.07) is 8.31. The number of halogens is 2. The van der Waals surface area contributed by atoms with E-state index >= 15 is 0 Å². The second-order valence-electron chi connectivity index (χ2n) is 7.95. The van der Waals surface area contributed by atoms with Crippen LogP contribution >= 0.6 is 11.6 Å². The monoisotopic (exact) mass is 441 g/mol. The number of aromatic nitrogens is 4. The van der Waals surface area contributed by atoms with Crippen LogP contribution in [-0.4, -0.2) is 49.5 Å². The summed E-state index contributed by atoms with van der Waals surface area (Å²) in [5, 5.41) is 8.85. The lowest BCUT2D eigenvalue weighted by Crippen LogP contribution is -2.49. The van der Waals surface area contributed by atoms with Gasteiger partial charge in [0.15, 0.2) is 0 Å². The van der Waals surface area contributed by atoms with E-state index in [2.05, 4.69) is 15.2 Å². The van der Waals surface area contributed by atoms with Gasteiger partial charge in [-0.2, -0.15) is 15.0 Å². The van der Waals surface area contributed by atoms with Crippen molar-refractivity contribution in [1.29, 1.82) is 0 Å². The normalized spacial score (nSPS) is 22.5. The molecular formula is C22H21ClFN5O2. The predicted octanol–water partition coefficient (Wildman–Crippen LogP) is 3.92. The summed E-state index contributed by atoms with van der Waals surface area (Å²) in [5.74, 6) is 0.109. The number of rotatable bonds is 5. The zero-order valence-electron chi connectivity index (χ0n) is 16.7. The molecule has 160 valence electrons. The van der Waals surface area contributed by atoms with Crippen molar-refractivity contribution in [2.24, 2.45) is 5.92 Å². The largest absolute Gasteiger partial charge is 0.477 e. The van der Waals surface area contributed by atoms with Gasteiger partial charge < -0.3 is 9.64 Å². The molecule has 4 heterocycles. The van der Waals surface area contributed by atoms with Gasteiger partial charge in [-0.3, -0.25) is 4.79 Å². The summed E-state index contributed by atoms with van der Waals surface area (Å²) >= 11 is 6.23. The van der Waals surface area contributed by atoms with E-state index in [9.17, 15) is 9.18 Å². The molecule has 0 N–H and O–H groups in total. The molecule has 0 saturated carbocycles. The first-order chi connectivity index (χ1) is 15.1. The maximum Gasteiger partial charge on any atom is 0.256 e. The number of carbonyl (C=O) groups excluding carboxylic acids is 1. The van der Waals surface area contributed by atoms with Gasteiger partial charge in [-0.15, -0.1) is 0 Å². The first kappa shape index (κ1) is 19.9. The predicted molar refractivity (Wildman–Crippen MR) is 112 cm³/mol. The SMILES string of the molecule is O=C(c1cc(Cl)ccc1-n1nccn1)N1C2CC[C@H]1CC[C@@H]2COc1ccc(F)cn1. The van der Waals surface area contributed by atoms with E-state index in [1.165, 1.54) is 16.9 Å². The van der Waals surface area contributed by atoms with Crippen molar-refractivity contribution in [2.75, 3.05) is 6.61 Å². The maximum atomic E-state index is 13.7. The topological polar surface area (TPSA) is 73.1 Å². The number of carbonyl (C=O) groups is 1. The van der Waals surface area contributed by atoms with Gasteiger partial charge in [0, 0.05) is 29.1 Å². The highest BCUT2D eigenvalue weighted by molar-refractivity contribution is 6.31. The lowest BCUT2D eigenvalue weighted by Gasteiger charge is -2.40. The molecule has 1 aromatic carbocycles.